The first kappa shape index (κ1) is 18.6. The lowest BCUT2D eigenvalue weighted by molar-refractivity contribution is -0.122. The third kappa shape index (κ3) is 4.91. The summed E-state index contributed by atoms with van der Waals surface area (Å²) in [7, 11) is 0. The number of benzene rings is 2. The smallest absolute Gasteiger partial charge is 0.258 e. The number of carbonyl (C=O) groups is 1. The molecule has 1 aliphatic heterocycles. The van der Waals surface area contributed by atoms with E-state index in [1.165, 1.54) is 0 Å². The van der Waals surface area contributed by atoms with Crippen LogP contribution in [0, 0.1) is 0 Å². The van der Waals surface area contributed by atoms with Gasteiger partial charge in [0, 0.05) is 10.5 Å². The minimum atomic E-state index is -0.341. The van der Waals surface area contributed by atoms with Crippen molar-refractivity contribution in [2.45, 2.75) is 25.4 Å². The van der Waals surface area contributed by atoms with Crippen LogP contribution in [0.4, 0.5) is 0 Å². The number of carbonyl (C=O) groups excluding carboxylic acids is 1. The van der Waals surface area contributed by atoms with Gasteiger partial charge in [-0.3, -0.25) is 4.79 Å². The minimum Gasteiger partial charge on any atom is -0.494 e. The summed E-state index contributed by atoms with van der Waals surface area (Å²) in [4.78, 5) is 12.3. The third-order valence-electron chi connectivity index (χ3n) is 4.05. The molecule has 0 aliphatic carbocycles. The average molecular weight is 417 g/mol. The highest BCUT2D eigenvalue weighted by Crippen LogP contribution is 2.24. The van der Waals surface area contributed by atoms with Crippen molar-refractivity contribution in [2.75, 3.05) is 6.61 Å². The summed E-state index contributed by atoms with van der Waals surface area (Å²) < 4.78 is 6.42. The molecule has 1 aliphatic rings. The molecule has 2 atom stereocenters. The van der Waals surface area contributed by atoms with Crippen molar-refractivity contribution >= 4 is 28.1 Å². The van der Waals surface area contributed by atoms with E-state index in [-0.39, 0.29) is 18.0 Å². The van der Waals surface area contributed by atoms with Gasteiger partial charge in [-0.25, -0.2) is 16.3 Å². The van der Waals surface area contributed by atoms with Gasteiger partial charge in [-0.05, 0) is 48.7 Å². The molecule has 136 valence electrons. The van der Waals surface area contributed by atoms with Crippen LogP contribution in [0.3, 0.4) is 0 Å². The third-order valence-corrected chi connectivity index (χ3v) is 4.54. The molecular formula is C19H21BrN4O2. The fraction of sp³-hybridized carbons (Fsp3) is 0.263. The van der Waals surface area contributed by atoms with Gasteiger partial charge in [0.1, 0.15) is 11.8 Å². The lowest BCUT2D eigenvalue weighted by Gasteiger charge is -2.10. The van der Waals surface area contributed by atoms with E-state index in [9.17, 15) is 4.79 Å². The standard InChI is InChI=1S/C19H21BrN4O2/c1-2-26-16-8-6-14(7-9-16)17-11-18(23-22-17)19(25)24-21-12-13-4-3-5-15(20)10-13/h3-10,12,17-18,22-23H,2,11H2,1H3,(H,24,25)/b21-12+. The first-order valence-electron chi connectivity index (χ1n) is 8.48. The number of nitrogens with zero attached hydrogens (tertiary/aromatic N) is 1. The Bertz CT molecular complexity index is 779. The summed E-state index contributed by atoms with van der Waals surface area (Å²) in [5, 5.41) is 4.03. The number of hydrogen-bond acceptors (Lipinski definition) is 5. The molecule has 2 aromatic carbocycles. The van der Waals surface area contributed by atoms with E-state index in [4.69, 9.17) is 4.74 Å². The fourth-order valence-corrected chi connectivity index (χ4v) is 3.16. The molecule has 0 saturated carbocycles. The van der Waals surface area contributed by atoms with Gasteiger partial charge in [-0.1, -0.05) is 40.2 Å². The Morgan fingerprint density at radius 1 is 1.31 bits per heavy atom. The Kier molecular flexibility index (Phi) is 6.38. The van der Waals surface area contributed by atoms with Crippen molar-refractivity contribution in [3.05, 3.63) is 64.1 Å². The van der Waals surface area contributed by atoms with Gasteiger partial charge < -0.3 is 4.74 Å². The van der Waals surface area contributed by atoms with Crippen molar-refractivity contribution < 1.29 is 9.53 Å². The number of nitrogens with one attached hydrogen (secondary N) is 3. The number of rotatable bonds is 6. The van der Waals surface area contributed by atoms with Crippen LogP contribution < -0.4 is 21.0 Å². The maximum atomic E-state index is 12.3. The van der Waals surface area contributed by atoms with Gasteiger partial charge in [0.05, 0.1) is 12.8 Å². The van der Waals surface area contributed by atoms with Crippen LogP contribution in [0.25, 0.3) is 0 Å². The van der Waals surface area contributed by atoms with Crippen LogP contribution in [0.5, 0.6) is 5.75 Å². The van der Waals surface area contributed by atoms with Crippen molar-refractivity contribution in [2.24, 2.45) is 5.10 Å². The van der Waals surface area contributed by atoms with Crippen LogP contribution in [-0.4, -0.2) is 24.8 Å². The SMILES string of the molecule is CCOc1ccc(C2CC(C(=O)N/N=C/c3cccc(Br)c3)NN2)cc1. The second-order valence-corrected chi connectivity index (χ2v) is 6.84. The van der Waals surface area contributed by atoms with Gasteiger partial charge in [0.25, 0.3) is 5.91 Å². The molecule has 2 aromatic rings. The molecule has 2 unspecified atom stereocenters. The van der Waals surface area contributed by atoms with E-state index in [2.05, 4.69) is 37.3 Å². The summed E-state index contributed by atoms with van der Waals surface area (Å²) in [6.07, 6.45) is 2.27. The quantitative estimate of drug-likeness (QED) is 0.499. The molecule has 0 aromatic heterocycles. The first-order chi connectivity index (χ1) is 12.7. The molecule has 1 heterocycles. The van der Waals surface area contributed by atoms with Crippen molar-refractivity contribution in [1.82, 2.24) is 16.3 Å². The van der Waals surface area contributed by atoms with Crippen molar-refractivity contribution in [1.29, 1.82) is 0 Å². The Hall–Kier alpha value is -2.22. The summed E-state index contributed by atoms with van der Waals surface area (Å²) in [5.41, 5.74) is 10.8. The van der Waals surface area contributed by atoms with Gasteiger partial charge in [0.2, 0.25) is 0 Å². The number of ether oxygens (including phenoxy) is 1. The van der Waals surface area contributed by atoms with Crippen molar-refractivity contribution in [3.8, 4) is 5.75 Å². The molecule has 1 saturated heterocycles. The lowest BCUT2D eigenvalue weighted by Crippen LogP contribution is -2.41. The highest BCUT2D eigenvalue weighted by atomic mass is 79.9. The summed E-state index contributed by atoms with van der Waals surface area (Å²) >= 11 is 3.40. The highest BCUT2D eigenvalue weighted by molar-refractivity contribution is 9.10. The van der Waals surface area contributed by atoms with Gasteiger partial charge in [-0.15, -0.1) is 0 Å². The van der Waals surface area contributed by atoms with E-state index in [0.29, 0.717) is 13.0 Å². The van der Waals surface area contributed by atoms with E-state index >= 15 is 0 Å². The molecule has 3 N–H and O–H groups in total. The highest BCUT2D eigenvalue weighted by Gasteiger charge is 2.29. The molecule has 6 nitrogen and oxygen atoms in total. The van der Waals surface area contributed by atoms with E-state index in [0.717, 1.165) is 21.3 Å². The Morgan fingerprint density at radius 2 is 2.12 bits per heavy atom. The predicted octanol–water partition coefficient (Wildman–Crippen LogP) is 2.91. The lowest BCUT2D eigenvalue weighted by atomic mass is 10.0. The minimum absolute atomic E-state index is 0.0653. The summed E-state index contributed by atoms with van der Waals surface area (Å²) in [6.45, 7) is 2.60. The van der Waals surface area contributed by atoms with Crippen molar-refractivity contribution in [3.63, 3.8) is 0 Å². The molecule has 0 bridgehead atoms. The number of amides is 1. The maximum absolute atomic E-state index is 12.3. The Balaban J connectivity index is 1.52. The predicted molar refractivity (Wildman–Crippen MR) is 105 cm³/mol. The fourth-order valence-electron chi connectivity index (χ4n) is 2.75. The number of hydrogen-bond donors (Lipinski definition) is 3. The zero-order valence-electron chi connectivity index (χ0n) is 14.4. The van der Waals surface area contributed by atoms with Crippen LogP contribution >= 0.6 is 15.9 Å². The topological polar surface area (TPSA) is 74.8 Å². The van der Waals surface area contributed by atoms with E-state index < -0.39 is 0 Å². The molecule has 1 fully saturated rings. The number of hydrazone groups is 1. The monoisotopic (exact) mass is 416 g/mol. The second-order valence-electron chi connectivity index (χ2n) is 5.92. The van der Waals surface area contributed by atoms with Gasteiger partial charge in [0.15, 0.2) is 0 Å². The van der Waals surface area contributed by atoms with Gasteiger partial charge in [-0.2, -0.15) is 5.10 Å². The van der Waals surface area contributed by atoms with Crippen LogP contribution in [-0.2, 0) is 4.79 Å². The van der Waals surface area contributed by atoms with Crippen LogP contribution in [0.15, 0.2) is 58.1 Å². The molecule has 3 rings (SSSR count). The average Bonchev–Trinajstić information content (AvgIpc) is 3.13. The molecule has 0 radical (unpaired) electrons. The molecule has 0 spiro atoms. The Morgan fingerprint density at radius 3 is 2.85 bits per heavy atom. The molecule has 7 heteroatoms. The van der Waals surface area contributed by atoms with Crippen LogP contribution in [0.1, 0.15) is 30.5 Å². The largest absolute Gasteiger partial charge is 0.494 e. The number of hydrazine groups is 1. The van der Waals surface area contributed by atoms with Crippen LogP contribution in [0.2, 0.25) is 0 Å². The zero-order chi connectivity index (χ0) is 18.4. The summed E-state index contributed by atoms with van der Waals surface area (Å²) in [6, 6.07) is 15.3. The van der Waals surface area contributed by atoms with Gasteiger partial charge >= 0.3 is 0 Å². The molecule has 1 amide bonds. The zero-order valence-corrected chi connectivity index (χ0v) is 16.0. The molecular weight excluding hydrogens is 396 g/mol. The first-order valence-corrected chi connectivity index (χ1v) is 9.27. The Labute approximate surface area is 161 Å². The number of halogens is 1. The maximum Gasteiger partial charge on any atom is 0.258 e. The second kappa shape index (κ2) is 8.93. The normalized spacial score (nSPS) is 19.6. The molecule has 26 heavy (non-hydrogen) atoms. The van der Waals surface area contributed by atoms with E-state index in [1.807, 2.05) is 55.5 Å². The van der Waals surface area contributed by atoms with E-state index in [1.54, 1.807) is 6.21 Å². The summed E-state index contributed by atoms with van der Waals surface area (Å²) in [5.74, 6) is 0.676.